The highest BCUT2D eigenvalue weighted by molar-refractivity contribution is 6.17. The van der Waals surface area contributed by atoms with Gasteiger partial charge in [-0.3, -0.25) is 0 Å². The molecule has 0 amide bonds. The number of benzene rings is 3. The van der Waals surface area contributed by atoms with Crippen molar-refractivity contribution in [3.8, 4) is 28.7 Å². The maximum Gasteiger partial charge on any atom is 0.160 e. The summed E-state index contributed by atoms with van der Waals surface area (Å²) in [5, 5.41) is 100.0. The lowest BCUT2D eigenvalue weighted by Gasteiger charge is -2.44. The van der Waals surface area contributed by atoms with Crippen LogP contribution in [-0.4, -0.2) is 109 Å². The number of hydrogen-bond acceptors (Lipinski definition) is 13. The van der Waals surface area contributed by atoms with Crippen LogP contribution in [0.15, 0.2) is 18.2 Å². The second kappa shape index (κ2) is 11.5. The Labute approximate surface area is 240 Å². The number of phenolic OH excluding ortho intramolecular Hbond substituents is 4. The monoisotopic (exact) mass is 591 g/mol. The molecule has 0 radical (unpaired) electrons. The molecule has 3 aromatic rings. The molecule has 0 spiro atoms. The van der Waals surface area contributed by atoms with Gasteiger partial charge in [-0.25, -0.2) is 0 Å². The molecule has 0 saturated carbocycles. The summed E-state index contributed by atoms with van der Waals surface area (Å²) < 4.78 is 17.4. The van der Waals surface area contributed by atoms with Crippen molar-refractivity contribution >= 4 is 21.5 Å². The molecule has 2 aliphatic rings. The summed E-state index contributed by atoms with van der Waals surface area (Å²) >= 11 is 0. The SMILES string of the molecule is COc1cccc2c(O)c3c(O)c4c(c(O)c3c(O)c12)[C@@H](O[C@H]1CC(NCCO)[C@H](O)[C@H](C)O1)C[C@](O)(C(O)CO)C4. The van der Waals surface area contributed by atoms with Gasteiger partial charge in [0.25, 0.3) is 0 Å². The number of aliphatic hydroxyl groups excluding tert-OH is 4. The van der Waals surface area contributed by atoms with Crippen LogP contribution in [0.4, 0.5) is 0 Å². The summed E-state index contributed by atoms with van der Waals surface area (Å²) in [6.07, 6.45) is -6.24. The van der Waals surface area contributed by atoms with Crippen molar-refractivity contribution in [2.75, 3.05) is 26.9 Å². The van der Waals surface area contributed by atoms with Crippen LogP contribution in [0.2, 0.25) is 0 Å². The van der Waals surface area contributed by atoms with E-state index in [1.807, 2.05) is 0 Å². The summed E-state index contributed by atoms with van der Waals surface area (Å²) in [6, 6.07) is 4.10. The van der Waals surface area contributed by atoms with E-state index < -0.39 is 78.4 Å². The lowest BCUT2D eigenvalue weighted by molar-refractivity contribution is -0.253. The quantitative estimate of drug-likeness (QED) is 0.126. The van der Waals surface area contributed by atoms with E-state index in [0.717, 1.165) is 0 Å². The maximum atomic E-state index is 11.7. The van der Waals surface area contributed by atoms with Crippen molar-refractivity contribution in [1.29, 1.82) is 0 Å². The summed E-state index contributed by atoms with van der Waals surface area (Å²) in [4.78, 5) is 0. The number of hydrogen-bond donors (Lipinski definition) is 10. The highest BCUT2D eigenvalue weighted by Crippen LogP contribution is 2.57. The summed E-state index contributed by atoms with van der Waals surface area (Å²) in [7, 11) is 1.38. The van der Waals surface area contributed by atoms with E-state index >= 15 is 0 Å². The lowest BCUT2D eigenvalue weighted by Crippen LogP contribution is -2.55. The normalized spacial score (nSPS) is 28.6. The number of aliphatic hydroxyl groups is 5. The highest BCUT2D eigenvalue weighted by Gasteiger charge is 2.48. The highest BCUT2D eigenvalue weighted by atomic mass is 16.7. The Bertz CT molecular complexity index is 1480. The standard InChI is InChI=1S/C29H37NO12/c1-12-24(34)15(30-6-7-31)8-19(41-12)42-17-10-29(39,18(33)11-32)9-14-21(17)28(38)23-22(26(14)36)25(35)13-4-3-5-16(40-2)20(13)27(23)37/h3-5,12,15,17-19,24,30-39H,6-11H2,1-2H3/t12-,15?,17-,18?,19-,24+,29-/m0/s1. The van der Waals surface area contributed by atoms with Gasteiger partial charge in [0, 0.05) is 48.4 Å². The molecule has 13 nitrogen and oxygen atoms in total. The van der Waals surface area contributed by atoms with Gasteiger partial charge in [-0.05, 0) is 13.0 Å². The average molecular weight is 592 g/mol. The van der Waals surface area contributed by atoms with E-state index in [4.69, 9.17) is 14.2 Å². The van der Waals surface area contributed by atoms with Crippen LogP contribution in [-0.2, 0) is 15.9 Å². The van der Waals surface area contributed by atoms with E-state index in [0.29, 0.717) is 0 Å². The number of ether oxygens (including phenoxy) is 3. The molecule has 1 fully saturated rings. The van der Waals surface area contributed by atoms with E-state index in [1.165, 1.54) is 13.2 Å². The molecular weight excluding hydrogens is 554 g/mol. The fraction of sp³-hybridized carbons (Fsp3) is 0.517. The summed E-state index contributed by atoms with van der Waals surface area (Å²) in [6.45, 7) is 0.856. The fourth-order valence-corrected chi connectivity index (χ4v) is 6.30. The third-order valence-electron chi connectivity index (χ3n) is 8.48. The molecule has 230 valence electrons. The van der Waals surface area contributed by atoms with Crippen LogP contribution < -0.4 is 10.1 Å². The molecule has 5 rings (SSSR count). The van der Waals surface area contributed by atoms with Crippen molar-refractivity contribution < 1.29 is 60.2 Å². The van der Waals surface area contributed by atoms with Gasteiger partial charge in [-0.2, -0.15) is 0 Å². The van der Waals surface area contributed by atoms with Gasteiger partial charge in [0.15, 0.2) is 6.29 Å². The van der Waals surface area contributed by atoms with Crippen LogP contribution in [0, 0.1) is 0 Å². The number of methoxy groups -OCH3 is 1. The Morgan fingerprint density at radius 2 is 1.76 bits per heavy atom. The molecule has 1 aliphatic heterocycles. The van der Waals surface area contributed by atoms with E-state index in [1.54, 1.807) is 19.1 Å². The predicted octanol–water partition coefficient (Wildman–Crippen LogP) is 0.359. The minimum absolute atomic E-state index is 0.0130. The van der Waals surface area contributed by atoms with Gasteiger partial charge in [0.05, 0.1) is 60.4 Å². The van der Waals surface area contributed by atoms with Crippen LogP contribution in [0.1, 0.15) is 37.0 Å². The Kier molecular flexibility index (Phi) is 8.31. The van der Waals surface area contributed by atoms with Crippen molar-refractivity contribution in [2.24, 2.45) is 0 Å². The molecule has 10 N–H and O–H groups in total. The Morgan fingerprint density at radius 3 is 2.43 bits per heavy atom. The minimum Gasteiger partial charge on any atom is -0.507 e. The number of aromatic hydroxyl groups is 4. The summed E-state index contributed by atoms with van der Waals surface area (Å²) in [5.41, 5.74) is -2.11. The smallest absolute Gasteiger partial charge is 0.160 e. The first-order valence-electron chi connectivity index (χ1n) is 13.7. The van der Waals surface area contributed by atoms with Gasteiger partial charge in [-0.15, -0.1) is 0 Å². The Morgan fingerprint density at radius 1 is 1.05 bits per heavy atom. The average Bonchev–Trinajstić information content (AvgIpc) is 2.97. The zero-order valence-electron chi connectivity index (χ0n) is 23.2. The molecule has 13 heteroatoms. The molecule has 0 bridgehead atoms. The van der Waals surface area contributed by atoms with E-state index in [2.05, 4.69) is 5.32 Å². The van der Waals surface area contributed by atoms with Crippen LogP contribution >= 0.6 is 0 Å². The Hall–Kier alpha value is -3.14. The molecule has 7 atom stereocenters. The maximum absolute atomic E-state index is 11.7. The van der Waals surface area contributed by atoms with Crippen molar-refractivity contribution in [2.45, 2.75) is 68.5 Å². The largest absolute Gasteiger partial charge is 0.507 e. The van der Waals surface area contributed by atoms with Crippen molar-refractivity contribution in [3.63, 3.8) is 0 Å². The third kappa shape index (κ3) is 4.85. The zero-order chi connectivity index (χ0) is 30.5. The molecular formula is C29H37NO12. The van der Waals surface area contributed by atoms with Gasteiger partial charge in [0.1, 0.15) is 34.9 Å². The fourth-order valence-electron chi connectivity index (χ4n) is 6.30. The van der Waals surface area contributed by atoms with Crippen molar-refractivity contribution in [1.82, 2.24) is 5.32 Å². The second-order valence-electron chi connectivity index (χ2n) is 11.0. The number of fused-ring (bicyclic) bond motifs is 3. The van der Waals surface area contributed by atoms with Crippen LogP contribution in [0.5, 0.6) is 28.7 Å². The van der Waals surface area contributed by atoms with Gasteiger partial charge in [-0.1, -0.05) is 12.1 Å². The Balaban J connectivity index is 1.70. The number of phenols is 4. The molecule has 1 saturated heterocycles. The molecule has 42 heavy (non-hydrogen) atoms. The molecule has 3 aromatic carbocycles. The van der Waals surface area contributed by atoms with Gasteiger partial charge >= 0.3 is 0 Å². The first-order chi connectivity index (χ1) is 20.0. The molecule has 2 unspecified atom stereocenters. The van der Waals surface area contributed by atoms with E-state index in [-0.39, 0.29) is 64.4 Å². The van der Waals surface area contributed by atoms with Crippen molar-refractivity contribution in [3.05, 3.63) is 29.3 Å². The van der Waals surface area contributed by atoms with Crippen LogP contribution in [0.25, 0.3) is 21.5 Å². The summed E-state index contributed by atoms with van der Waals surface area (Å²) in [5.74, 6) is -1.83. The van der Waals surface area contributed by atoms with Crippen LogP contribution in [0.3, 0.4) is 0 Å². The third-order valence-corrected chi connectivity index (χ3v) is 8.48. The predicted molar refractivity (Wildman–Crippen MR) is 149 cm³/mol. The molecule has 0 aromatic heterocycles. The minimum atomic E-state index is -2.03. The molecule has 1 aliphatic carbocycles. The first kappa shape index (κ1) is 30.3. The second-order valence-corrected chi connectivity index (χ2v) is 11.0. The number of nitrogens with one attached hydrogen (secondary N) is 1. The first-order valence-corrected chi connectivity index (χ1v) is 13.7. The van der Waals surface area contributed by atoms with E-state index in [9.17, 15) is 46.0 Å². The topological polar surface area (TPSA) is 222 Å². The lowest BCUT2D eigenvalue weighted by atomic mass is 9.74. The van der Waals surface area contributed by atoms with Gasteiger partial charge in [0.2, 0.25) is 0 Å². The molecule has 1 heterocycles. The zero-order valence-corrected chi connectivity index (χ0v) is 23.2. The van der Waals surface area contributed by atoms with Gasteiger partial charge < -0.3 is 65.5 Å². The number of rotatable bonds is 8.